The molecule has 4 rings (SSSR count). The van der Waals surface area contributed by atoms with Gasteiger partial charge in [-0.25, -0.2) is 9.59 Å². The molecule has 33 heavy (non-hydrogen) atoms. The number of esters is 2. The fourth-order valence-corrected chi connectivity index (χ4v) is 3.56. The van der Waals surface area contributed by atoms with Crippen LogP contribution in [0.15, 0.2) is 97.1 Å². The van der Waals surface area contributed by atoms with Crippen molar-refractivity contribution in [3.05, 3.63) is 130 Å². The maximum absolute atomic E-state index is 12.6. The van der Waals surface area contributed by atoms with Crippen molar-refractivity contribution in [3.8, 4) is 11.5 Å². The minimum atomic E-state index is -0.416. The third-order valence-electron chi connectivity index (χ3n) is 5.24. The minimum Gasteiger partial charge on any atom is -0.423 e. The Morgan fingerprint density at radius 2 is 0.970 bits per heavy atom. The highest BCUT2D eigenvalue weighted by Gasteiger charge is 2.16. The third kappa shape index (κ3) is 5.55. The Bertz CT molecular complexity index is 1180. The summed E-state index contributed by atoms with van der Waals surface area (Å²) in [6.45, 7) is 3.97. The Morgan fingerprint density at radius 1 is 0.576 bits per heavy atom. The average molecular weight is 437 g/mol. The normalized spacial score (nSPS) is 10.5. The van der Waals surface area contributed by atoms with Crippen molar-refractivity contribution in [2.45, 2.75) is 20.3 Å². The van der Waals surface area contributed by atoms with Crippen LogP contribution in [0.5, 0.6) is 11.5 Å². The van der Waals surface area contributed by atoms with Crippen LogP contribution in [-0.4, -0.2) is 11.9 Å². The quantitative estimate of drug-likeness (QED) is 0.262. The lowest BCUT2D eigenvalue weighted by Gasteiger charge is -2.15. The zero-order valence-electron chi connectivity index (χ0n) is 18.6. The van der Waals surface area contributed by atoms with E-state index in [-0.39, 0.29) is 0 Å². The number of carbonyl (C=O) groups excluding carboxylic acids is 2. The monoisotopic (exact) mass is 436 g/mol. The number of benzene rings is 4. The van der Waals surface area contributed by atoms with E-state index in [0.29, 0.717) is 29.0 Å². The molecule has 0 unspecified atom stereocenters. The van der Waals surface area contributed by atoms with E-state index in [1.807, 2.05) is 50.2 Å². The van der Waals surface area contributed by atoms with Gasteiger partial charge in [0.15, 0.2) is 0 Å². The maximum Gasteiger partial charge on any atom is 0.343 e. The van der Waals surface area contributed by atoms with E-state index in [1.165, 1.54) is 0 Å². The highest BCUT2D eigenvalue weighted by molar-refractivity contribution is 5.91. The molecule has 0 bridgehead atoms. The van der Waals surface area contributed by atoms with Gasteiger partial charge in [0.1, 0.15) is 11.5 Å². The van der Waals surface area contributed by atoms with E-state index in [4.69, 9.17) is 9.47 Å². The molecule has 0 heterocycles. The molecular weight excluding hydrogens is 412 g/mol. The molecule has 0 saturated carbocycles. The van der Waals surface area contributed by atoms with Gasteiger partial charge in [-0.2, -0.15) is 0 Å². The molecule has 0 aliphatic carbocycles. The van der Waals surface area contributed by atoms with Crippen molar-refractivity contribution in [2.24, 2.45) is 0 Å². The zero-order chi connectivity index (χ0) is 23.2. The predicted octanol–water partition coefficient (Wildman–Crippen LogP) is 6.33. The van der Waals surface area contributed by atoms with Gasteiger partial charge < -0.3 is 9.47 Å². The maximum atomic E-state index is 12.6. The number of hydrogen-bond donors (Lipinski definition) is 0. The van der Waals surface area contributed by atoms with Crippen molar-refractivity contribution in [2.75, 3.05) is 0 Å². The van der Waals surface area contributed by atoms with Gasteiger partial charge in [-0.1, -0.05) is 71.8 Å². The lowest BCUT2D eigenvalue weighted by Crippen LogP contribution is -2.11. The molecule has 0 spiro atoms. The largest absolute Gasteiger partial charge is 0.423 e. The van der Waals surface area contributed by atoms with Crippen molar-refractivity contribution in [1.29, 1.82) is 0 Å². The first kappa shape index (κ1) is 22.0. The van der Waals surface area contributed by atoms with Crippen molar-refractivity contribution in [1.82, 2.24) is 0 Å². The first-order valence-corrected chi connectivity index (χ1v) is 10.7. The molecule has 0 radical (unpaired) electrons. The smallest absolute Gasteiger partial charge is 0.343 e. The molecule has 0 amide bonds. The molecule has 0 N–H and O–H groups in total. The molecule has 4 nitrogen and oxygen atoms in total. The summed E-state index contributed by atoms with van der Waals surface area (Å²) in [7, 11) is 0. The summed E-state index contributed by atoms with van der Waals surface area (Å²) in [5, 5.41) is 0. The van der Waals surface area contributed by atoms with Crippen LogP contribution in [0.3, 0.4) is 0 Å². The fourth-order valence-electron chi connectivity index (χ4n) is 3.56. The molecule has 4 heteroatoms. The highest BCUT2D eigenvalue weighted by Crippen LogP contribution is 2.29. The van der Waals surface area contributed by atoms with Gasteiger partial charge in [0.2, 0.25) is 0 Å². The molecule has 0 aliphatic heterocycles. The summed E-state index contributed by atoms with van der Waals surface area (Å²) < 4.78 is 11.5. The van der Waals surface area contributed by atoms with Gasteiger partial charge in [0, 0.05) is 6.42 Å². The summed E-state index contributed by atoms with van der Waals surface area (Å²) in [5.41, 5.74) is 4.72. The van der Waals surface area contributed by atoms with E-state index >= 15 is 0 Å². The van der Waals surface area contributed by atoms with Gasteiger partial charge >= 0.3 is 11.9 Å². The summed E-state index contributed by atoms with van der Waals surface area (Å²) >= 11 is 0. The molecule has 0 aromatic heterocycles. The first-order valence-electron chi connectivity index (χ1n) is 10.7. The predicted molar refractivity (Wildman–Crippen MR) is 128 cm³/mol. The highest BCUT2D eigenvalue weighted by atomic mass is 16.5. The summed E-state index contributed by atoms with van der Waals surface area (Å²) in [6.07, 6.45) is 0.443. The number of ether oxygens (including phenoxy) is 2. The van der Waals surface area contributed by atoms with E-state index in [0.717, 1.165) is 22.3 Å². The van der Waals surface area contributed by atoms with Gasteiger partial charge in [-0.05, 0) is 61.4 Å². The summed E-state index contributed by atoms with van der Waals surface area (Å²) in [4.78, 5) is 25.3. The Labute approximate surface area is 193 Å². The van der Waals surface area contributed by atoms with Gasteiger partial charge in [0.25, 0.3) is 0 Å². The van der Waals surface area contributed by atoms with Crippen LogP contribution in [0.1, 0.15) is 43.0 Å². The van der Waals surface area contributed by atoms with Crippen LogP contribution in [0, 0.1) is 13.8 Å². The van der Waals surface area contributed by atoms with E-state index in [1.54, 1.807) is 60.7 Å². The number of rotatable bonds is 6. The summed E-state index contributed by atoms with van der Waals surface area (Å²) in [6, 6.07) is 29.2. The Kier molecular flexibility index (Phi) is 6.65. The molecular formula is C29H24O4. The van der Waals surface area contributed by atoms with Crippen LogP contribution >= 0.6 is 0 Å². The van der Waals surface area contributed by atoms with Crippen molar-refractivity contribution >= 4 is 11.9 Å². The van der Waals surface area contributed by atoms with Crippen LogP contribution in [-0.2, 0) is 6.42 Å². The number of aryl methyl sites for hydroxylation is 2. The van der Waals surface area contributed by atoms with E-state index in [9.17, 15) is 9.59 Å². The topological polar surface area (TPSA) is 52.6 Å². The molecule has 164 valence electrons. The minimum absolute atomic E-state index is 0.416. The summed E-state index contributed by atoms with van der Waals surface area (Å²) in [5.74, 6) is 0.133. The van der Waals surface area contributed by atoms with Gasteiger partial charge in [-0.15, -0.1) is 0 Å². The lowest BCUT2D eigenvalue weighted by atomic mass is 9.99. The van der Waals surface area contributed by atoms with Gasteiger partial charge in [-0.3, -0.25) is 0 Å². The molecule has 0 aliphatic rings. The standard InChI is InChI=1S/C29H24O4/c1-20-13-15-26(32-28(30)22-9-5-3-6-10-22)24(17-20)19-25-18-21(2)14-16-27(25)33-29(31)23-11-7-4-8-12-23/h3-18H,19H2,1-2H3. The van der Waals surface area contributed by atoms with Crippen LogP contribution in [0.25, 0.3) is 0 Å². The Morgan fingerprint density at radius 3 is 1.36 bits per heavy atom. The average Bonchev–Trinajstić information content (AvgIpc) is 2.83. The van der Waals surface area contributed by atoms with Crippen molar-refractivity contribution < 1.29 is 19.1 Å². The lowest BCUT2D eigenvalue weighted by molar-refractivity contribution is 0.0725. The SMILES string of the molecule is Cc1ccc(OC(=O)c2ccccc2)c(Cc2cc(C)ccc2OC(=O)c2ccccc2)c1. The Hall–Kier alpha value is -4.18. The second kappa shape index (κ2) is 9.96. The van der Waals surface area contributed by atoms with Crippen LogP contribution < -0.4 is 9.47 Å². The molecule has 0 fully saturated rings. The van der Waals surface area contributed by atoms with Gasteiger partial charge in [0.05, 0.1) is 11.1 Å². The zero-order valence-corrected chi connectivity index (χ0v) is 18.6. The second-order valence-electron chi connectivity index (χ2n) is 7.91. The fraction of sp³-hybridized carbons (Fsp3) is 0.103. The Balaban J connectivity index is 1.62. The molecule has 0 atom stereocenters. The second-order valence-corrected chi connectivity index (χ2v) is 7.91. The van der Waals surface area contributed by atoms with Crippen LogP contribution in [0.2, 0.25) is 0 Å². The number of hydrogen-bond acceptors (Lipinski definition) is 4. The third-order valence-corrected chi connectivity index (χ3v) is 5.24. The first-order chi connectivity index (χ1) is 16.0. The van der Waals surface area contributed by atoms with E-state index in [2.05, 4.69) is 0 Å². The van der Waals surface area contributed by atoms with Crippen LogP contribution in [0.4, 0.5) is 0 Å². The number of carbonyl (C=O) groups is 2. The molecule has 4 aromatic rings. The molecule has 0 saturated heterocycles. The van der Waals surface area contributed by atoms with E-state index < -0.39 is 11.9 Å². The molecule has 4 aromatic carbocycles. The van der Waals surface area contributed by atoms with Crippen molar-refractivity contribution in [3.63, 3.8) is 0 Å².